The van der Waals surface area contributed by atoms with Gasteiger partial charge in [0.15, 0.2) is 0 Å². The lowest BCUT2D eigenvalue weighted by Crippen LogP contribution is -2.28. The summed E-state index contributed by atoms with van der Waals surface area (Å²) in [5.74, 6) is -0.567. The molecular weight excluding hydrogens is 317 g/mol. The van der Waals surface area contributed by atoms with Gasteiger partial charge < -0.3 is 0 Å². The summed E-state index contributed by atoms with van der Waals surface area (Å²) < 4.78 is 61.8. The summed E-state index contributed by atoms with van der Waals surface area (Å²) >= 11 is 5.68. The molecule has 0 fully saturated rings. The minimum Gasteiger partial charge on any atom is -0.212 e. The number of rotatable bonds is 4. The zero-order valence-electron chi connectivity index (χ0n) is 10.3. The van der Waals surface area contributed by atoms with Crippen molar-refractivity contribution < 1.29 is 21.6 Å². The van der Waals surface area contributed by atoms with Gasteiger partial charge in [-0.25, -0.2) is 8.42 Å². The second-order valence-corrected chi connectivity index (χ2v) is 6.46. The Morgan fingerprint density at radius 3 is 2.45 bits per heavy atom. The normalized spacial score (nSPS) is 12.4. The van der Waals surface area contributed by atoms with E-state index in [1.807, 2.05) is 0 Å². The van der Waals surface area contributed by atoms with Gasteiger partial charge in [-0.1, -0.05) is 17.7 Å². The van der Waals surface area contributed by atoms with Crippen molar-refractivity contribution in [2.75, 3.05) is 13.6 Å². The predicted octanol–water partition coefficient (Wildman–Crippen LogP) is 2.64. The van der Waals surface area contributed by atoms with Crippen LogP contribution in [0.4, 0.5) is 13.2 Å². The summed E-state index contributed by atoms with van der Waals surface area (Å²) in [6, 6.07) is 4.13. The summed E-state index contributed by atoms with van der Waals surface area (Å²) in [5, 5.41) is 8.16. The molecule has 110 valence electrons. The molecule has 0 saturated heterocycles. The monoisotopic (exact) mass is 326 g/mol. The topological polar surface area (TPSA) is 61.2 Å². The molecule has 1 rings (SSSR count). The van der Waals surface area contributed by atoms with E-state index < -0.39 is 27.5 Å². The Morgan fingerprint density at radius 1 is 1.40 bits per heavy atom. The number of halogens is 4. The Morgan fingerprint density at radius 2 is 2.00 bits per heavy atom. The molecule has 1 aromatic rings. The maximum Gasteiger partial charge on any atom is 0.416 e. The van der Waals surface area contributed by atoms with E-state index in [1.54, 1.807) is 6.07 Å². The number of nitriles is 1. The van der Waals surface area contributed by atoms with Crippen LogP contribution in [0, 0.1) is 11.3 Å². The molecule has 0 atom stereocenters. The smallest absolute Gasteiger partial charge is 0.212 e. The number of hydrogen-bond donors (Lipinski definition) is 0. The molecule has 0 unspecified atom stereocenters. The fraction of sp³-hybridized carbons (Fsp3) is 0.364. The summed E-state index contributed by atoms with van der Waals surface area (Å²) in [7, 11) is -2.60. The molecule has 1 aromatic carbocycles. The van der Waals surface area contributed by atoms with E-state index in [-0.39, 0.29) is 17.1 Å². The van der Waals surface area contributed by atoms with Crippen molar-refractivity contribution in [1.82, 2.24) is 4.31 Å². The number of alkyl halides is 3. The number of benzene rings is 1. The Labute approximate surface area is 119 Å². The third-order valence-electron chi connectivity index (χ3n) is 2.49. The van der Waals surface area contributed by atoms with E-state index in [0.29, 0.717) is 6.07 Å². The third kappa shape index (κ3) is 4.10. The van der Waals surface area contributed by atoms with Gasteiger partial charge in [0.05, 0.1) is 17.4 Å². The van der Waals surface area contributed by atoms with Crippen LogP contribution < -0.4 is 0 Å². The first-order valence-electron chi connectivity index (χ1n) is 5.24. The molecule has 0 N–H and O–H groups in total. The number of hydrogen-bond acceptors (Lipinski definition) is 3. The molecule has 20 heavy (non-hydrogen) atoms. The minimum absolute atomic E-state index is 0.0458. The average molecular weight is 327 g/mol. The quantitative estimate of drug-likeness (QED) is 0.799. The molecule has 0 heterocycles. The fourth-order valence-corrected chi connectivity index (χ4v) is 2.79. The largest absolute Gasteiger partial charge is 0.416 e. The van der Waals surface area contributed by atoms with E-state index in [0.717, 1.165) is 16.4 Å². The molecule has 0 aliphatic rings. The van der Waals surface area contributed by atoms with E-state index in [2.05, 4.69) is 0 Å². The molecule has 0 radical (unpaired) electrons. The van der Waals surface area contributed by atoms with Gasteiger partial charge in [0.2, 0.25) is 10.0 Å². The van der Waals surface area contributed by atoms with Crippen LogP contribution in [0.5, 0.6) is 0 Å². The molecule has 0 saturated carbocycles. The summed E-state index contributed by atoms with van der Waals surface area (Å²) in [6.07, 6.45) is -4.54. The van der Waals surface area contributed by atoms with Crippen molar-refractivity contribution in [2.45, 2.75) is 11.9 Å². The van der Waals surface area contributed by atoms with Crippen LogP contribution in [0.25, 0.3) is 0 Å². The van der Waals surface area contributed by atoms with Crippen LogP contribution in [-0.4, -0.2) is 26.3 Å². The SMILES string of the molecule is CN(CC#N)S(=O)(=O)Cc1ccc(C(F)(F)F)cc1Cl. The van der Waals surface area contributed by atoms with Gasteiger partial charge in [-0.05, 0) is 17.7 Å². The summed E-state index contributed by atoms with van der Waals surface area (Å²) in [5.41, 5.74) is -0.904. The van der Waals surface area contributed by atoms with Crippen LogP contribution in [0.3, 0.4) is 0 Å². The molecule has 0 spiro atoms. The van der Waals surface area contributed by atoms with Crippen LogP contribution in [0.15, 0.2) is 18.2 Å². The highest BCUT2D eigenvalue weighted by atomic mass is 35.5. The molecular formula is C11H10ClF3N2O2S. The minimum atomic E-state index is -4.54. The van der Waals surface area contributed by atoms with Crippen molar-refractivity contribution in [3.05, 3.63) is 34.3 Å². The Hall–Kier alpha value is -1.30. The van der Waals surface area contributed by atoms with Gasteiger partial charge in [-0.2, -0.15) is 22.7 Å². The van der Waals surface area contributed by atoms with Crippen molar-refractivity contribution in [3.8, 4) is 6.07 Å². The van der Waals surface area contributed by atoms with Crippen LogP contribution in [0.1, 0.15) is 11.1 Å². The maximum atomic E-state index is 12.4. The lowest BCUT2D eigenvalue weighted by atomic mass is 10.1. The zero-order chi connectivity index (χ0) is 15.6. The Kier molecular flexibility index (Phi) is 5.02. The third-order valence-corrected chi connectivity index (χ3v) is 4.59. The molecule has 0 aliphatic carbocycles. The lowest BCUT2D eigenvalue weighted by Gasteiger charge is -2.15. The van der Waals surface area contributed by atoms with Gasteiger partial charge in [-0.15, -0.1) is 0 Å². The summed E-state index contributed by atoms with van der Waals surface area (Å²) in [4.78, 5) is 0. The van der Waals surface area contributed by atoms with Crippen LogP contribution >= 0.6 is 11.6 Å². The number of sulfonamides is 1. The molecule has 4 nitrogen and oxygen atoms in total. The first kappa shape index (κ1) is 16.8. The van der Waals surface area contributed by atoms with Crippen molar-refractivity contribution >= 4 is 21.6 Å². The van der Waals surface area contributed by atoms with E-state index in [4.69, 9.17) is 16.9 Å². The Balaban J connectivity index is 3.04. The molecule has 0 amide bonds. The molecule has 0 bridgehead atoms. The Bertz CT molecular complexity index is 638. The standard InChI is InChI=1S/C11H10ClF3N2O2S/c1-17(5-4-16)20(18,19)7-8-2-3-9(6-10(8)12)11(13,14)15/h2-3,6H,5,7H2,1H3. The second-order valence-electron chi connectivity index (χ2n) is 3.97. The van der Waals surface area contributed by atoms with Crippen molar-refractivity contribution in [1.29, 1.82) is 5.26 Å². The van der Waals surface area contributed by atoms with Gasteiger partial charge in [-0.3, -0.25) is 0 Å². The predicted molar refractivity (Wildman–Crippen MR) is 67.3 cm³/mol. The van der Waals surface area contributed by atoms with Crippen LogP contribution in [0.2, 0.25) is 5.02 Å². The highest BCUT2D eigenvalue weighted by Gasteiger charge is 2.31. The second kappa shape index (κ2) is 5.99. The fourth-order valence-electron chi connectivity index (χ4n) is 1.35. The number of nitrogens with zero attached hydrogens (tertiary/aromatic N) is 2. The summed E-state index contributed by atoms with van der Waals surface area (Å²) in [6.45, 7) is -0.347. The molecule has 0 aliphatic heterocycles. The molecule has 0 aromatic heterocycles. The maximum absolute atomic E-state index is 12.4. The first-order chi connectivity index (χ1) is 9.08. The highest BCUT2D eigenvalue weighted by molar-refractivity contribution is 7.88. The van der Waals surface area contributed by atoms with Crippen molar-refractivity contribution in [3.63, 3.8) is 0 Å². The highest BCUT2D eigenvalue weighted by Crippen LogP contribution is 2.32. The van der Waals surface area contributed by atoms with Gasteiger partial charge in [0.25, 0.3) is 0 Å². The van der Waals surface area contributed by atoms with Gasteiger partial charge >= 0.3 is 6.18 Å². The van der Waals surface area contributed by atoms with Crippen LogP contribution in [-0.2, 0) is 22.0 Å². The average Bonchev–Trinajstić information content (AvgIpc) is 2.30. The molecule has 9 heteroatoms. The van der Waals surface area contributed by atoms with E-state index in [1.165, 1.54) is 7.05 Å². The lowest BCUT2D eigenvalue weighted by molar-refractivity contribution is -0.137. The zero-order valence-corrected chi connectivity index (χ0v) is 11.8. The first-order valence-corrected chi connectivity index (χ1v) is 7.23. The van der Waals surface area contributed by atoms with E-state index >= 15 is 0 Å². The van der Waals surface area contributed by atoms with Gasteiger partial charge in [0, 0.05) is 12.1 Å². The van der Waals surface area contributed by atoms with Gasteiger partial charge in [0.1, 0.15) is 6.54 Å². The van der Waals surface area contributed by atoms with Crippen molar-refractivity contribution in [2.24, 2.45) is 0 Å². The van der Waals surface area contributed by atoms with E-state index in [9.17, 15) is 21.6 Å².